The normalized spacial score (nSPS) is 28.6. The number of piperazine rings is 1. The lowest BCUT2D eigenvalue weighted by Gasteiger charge is -2.35. The molecule has 5 fully saturated rings. The highest BCUT2D eigenvalue weighted by Crippen LogP contribution is 2.51. The summed E-state index contributed by atoms with van der Waals surface area (Å²) >= 11 is 0. The second kappa shape index (κ2) is 10.5. The number of hydrogen-bond donors (Lipinski definition) is 2. The number of phenolic OH excluding ortho intramolecular Hbond substituents is 1. The number of nitrogens with zero attached hydrogens (tertiary/aromatic N) is 5. The number of benzene rings is 2. The lowest BCUT2D eigenvalue weighted by Crippen LogP contribution is -2.51. The second-order valence-corrected chi connectivity index (χ2v) is 14.0. The molecule has 0 spiro atoms. The molecule has 2 N–H and O–H groups in total. The monoisotopic (exact) mass is 622 g/mol. The standard InChI is InChI=1S/C36H36F2N6O2/c1-2-25-28(37)10-7-20-13-24(45)14-26(30(20)25)32-31(38)33-27(16-39-32)34(43-17-22-8-9-23(18-43)40-22)42-35(41-33)46-19-36-11-4-12-44(36)29-6-3-5-21(29)15-36/h1,7,10,13-14,16,21-23,29,40,45H,3-6,8-9,11-12,15,17-19H2/t21-,22?,23?,29-,36-/m1/s1. The van der Waals surface area contributed by atoms with Crippen molar-refractivity contribution in [1.82, 2.24) is 25.2 Å². The summed E-state index contributed by atoms with van der Waals surface area (Å²) in [6.07, 6.45) is 16.7. The van der Waals surface area contributed by atoms with E-state index in [2.05, 4.69) is 26.0 Å². The van der Waals surface area contributed by atoms with Gasteiger partial charge in [0.15, 0.2) is 5.82 Å². The van der Waals surface area contributed by atoms with Crippen LogP contribution in [0.15, 0.2) is 30.5 Å². The molecule has 4 saturated heterocycles. The summed E-state index contributed by atoms with van der Waals surface area (Å²) in [5, 5.41) is 15.5. The van der Waals surface area contributed by atoms with Gasteiger partial charge in [0.1, 0.15) is 35.2 Å². The third-order valence-corrected chi connectivity index (χ3v) is 11.4. The maximum absolute atomic E-state index is 16.9. The van der Waals surface area contributed by atoms with Gasteiger partial charge in [0.25, 0.3) is 0 Å². The zero-order chi connectivity index (χ0) is 31.2. The number of rotatable bonds is 5. The maximum atomic E-state index is 16.9. The van der Waals surface area contributed by atoms with Gasteiger partial charge in [-0.1, -0.05) is 18.4 Å². The van der Waals surface area contributed by atoms with Crippen molar-refractivity contribution in [3.05, 3.63) is 47.7 Å². The Morgan fingerprint density at radius 1 is 1.09 bits per heavy atom. The van der Waals surface area contributed by atoms with E-state index in [-0.39, 0.29) is 39.6 Å². The van der Waals surface area contributed by atoms with E-state index in [0.29, 0.717) is 52.6 Å². The topological polar surface area (TPSA) is 86.6 Å². The molecule has 0 amide bonds. The van der Waals surface area contributed by atoms with Gasteiger partial charge in [0.2, 0.25) is 0 Å². The number of aromatic hydroxyl groups is 1. The molecule has 0 radical (unpaired) electrons. The second-order valence-electron chi connectivity index (χ2n) is 14.0. The van der Waals surface area contributed by atoms with Gasteiger partial charge in [0, 0.05) is 48.4 Å². The van der Waals surface area contributed by atoms with Gasteiger partial charge in [-0.25, -0.2) is 8.78 Å². The van der Waals surface area contributed by atoms with Crippen LogP contribution in [0.5, 0.6) is 11.8 Å². The minimum Gasteiger partial charge on any atom is -0.508 e. The van der Waals surface area contributed by atoms with E-state index in [1.807, 2.05) is 0 Å². The average molecular weight is 623 g/mol. The number of ether oxygens (including phenoxy) is 1. The summed E-state index contributed by atoms with van der Waals surface area (Å²) in [4.78, 5) is 19.1. The van der Waals surface area contributed by atoms with E-state index in [9.17, 15) is 9.50 Å². The first-order valence-electron chi connectivity index (χ1n) is 16.6. The number of terminal acetylenes is 1. The molecule has 10 heteroatoms. The smallest absolute Gasteiger partial charge is 0.319 e. The number of hydrogen-bond acceptors (Lipinski definition) is 8. The van der Waals surface area contributed by atoms with Crippen LogP contribution in [0.4, 0.5) is 14.6 Å². The van der Waals surface area contributed by atoms with E-state index in [1.165, 1.54) is 43.5 Å². The first-order chi connectivity index (χ1) is 22.4. The number of anilines is 1. The fourth-order valence-electron chi connectivity index (χ4n) is 9.50. The third kappa shape index (κ3) is 4.28. The number of nitrogens with one attached hydrogen (secondary N) is 1. The van der Waals surface area contributed by atoms with Crippen LogP contribution in [0.2, 0.25) is 0 Å². The summed E-state index contributed by atoms with van der Waals surface area (Å²) in [5.74, 6) is 2.32. The van der Waals surface area contributed by atoms with Crippen molar-refractivity contribution in [3.8, 4) is 35.4 Å². The Morgan fingerprint density at radius 2 is 1.93 bits per heavy atom. The average Bonchev–Trinajstić information content (AvgIpc) is 3.81. The molecule has 5 aliphatic rings. The van der Waals surface area contributed by atoms with Crippen molar-refractivity contribution >= 4 is 27.5 Å². The summed E-state index contributed by atoms with van der Waals surface area (Å²) in [5.41, 5.74) is 0.160. The van der Waals surface area contributed by atoms with Crippen molar-refractivity contribution in [2.45, 2.75) is 75.0 Å². The fourth-order valence-corrected chi connectivity index (χ4v) is 9.50. The Labute approximate surface area is 266 Å². The van der Waals surface area contributed by atoms with Crippen molar-refractivity contribution in [1.29, 1.82) is 0 Å². The molecule has 236 valence electrons. The molecule has 2 aromatic carbocycles. The Morgan fingerprint density at radius 3 is 2.76 bits per heavy atom. The first kappa shape index (κ1) is 28.2. The minimum absolute atomic E-state index is 0.0146. The van der Waals surface area contributed by atoms with E-state index >= 15 is 4.39 Å². The van der Waals surface area contributed by atoms with E-state index in [1.54, 1.807) is 6.20 Å². The molecule has 2 unspecified atom stereocenters. The molecule has 2 bridgehead atoms. The van der Waals surface area contributed by atoms with Crippen LogP contribution in [0.25, 0.3) is 32.9 Å². The summed E-state index contributed by atoms with van der Waals surface area (Å²) in [6.45, 7) is 3.06. The van der Waals surface area contributed by atoms with Crippen LogP contribution < -0.4 is 15.0 Å². The van der Waals surface area contributed by atoms with Gasteiger partial charge < -0.3 is 20.1 Å². The highest BCUT2D eigenvalue weighted by Gasteiger charge is 2.55. The Balaban J connectivity index is 1.17. The van der Waals surface area contributed by atoms with Gasteiger partial charge in [-0.3, -0.25) is 9.88 Å². The van der Waals surface area contributed by atoms with Crippen molar-refractivity contribution in [3.63, 3.8) is 0 Å². The van der Waals surface area contributed by atoms with Crippen LogP contribution in [0.1, 0.15) is 56.9 Å². The van der Waals surface area contributed by atoms with Crippen LogP contribution in [0, 0.1) is 29.9 Å². The van der Waals surface area contributed by atoms with Crippen molar-refractivity contribution < 1.29 is 18.6 Å². The Bertz CT molecular complexity index is 1930. The quantitative estimate of drug-likeness (QED) is 0.281. The van der Waals surface area contributed by atoms with E-state index in [4.69, 9.17) is 21.1 Å². The number of aromatic nitrogens is 3. The molecule has 4 aliphatic heterocycles. The zero-order valence-corrected chi connectivity index (χ0v) is 25.6. The summed E-state index contributed by atoms with van der Waals surface area (Å²) in [7, 11) is 0. The molecule has 6 heterocycles. The predicted molar refractivity (Wildman–Crippen MR) is 172 cm³/mol. The van der Waals surface area contributed by atoms with Gasteiger partial charge in [-0.2, -0.15) is 9.97 Å². The van der Waals surface area contributed by atoms with Crippen LogP contribution in [0.3, 0.4) is 0 Å². The van der Waals surface area contributed by atoms with Crippen LogP contribution >= 0.6 is 0 Å². The predicted octanol–water partition coefficient (Wildman–Crippen LogP) is 5.54. The Hall–Kier alpha value is -4.07. The van der Waals surface area contributed by atoms with E-state index < -0.39 is 11.6 Å². The van der Waals surface area contributed by atoms with E-state index in [0.717, 1.165) is 51.7 Å². The molecule has 2 aromatic heterocycles. The third-order valence-electron chi connectivity index (χ3n) is 11.4. The molecule has 5 atom stereocenters. The number of phenols is 1. The van der Waals surface area contributed by atoms with Gasteiger partial charge in [-0.05, 0) is 81.0 Å². The SMILES string of the molecule is C#Cc1c(F)ccc2cc(O)cc(-c3ncc4c(N5CC6CCC(C5)N6)nc(OC[C@]56CCCN5[C@@H]5CCC[C@@H]5C6)nc4c3F)c12. The number of halogens is 2. The van der Waals surface area contributed by atoms with Crippen molar-refractivity contribution in [2.75, 3.05) is 31.1 Å². The molecular weight excluding hydrogens is 586 g/mol. The lowest BCUT2D eigenvalue weighted by atomic mass is 9.90. The highest BCUT2D eigenvalue weighted by atomic mass is 19.1. The van der Waals surface area contributed by atoms with Crippen molar-refractivity contribution in [2.24, 2.45) is 5.92 Å². The minimum atomic E-state index is -0.695. The van der Waals surface area contributed by atoms with Gasteiger partial charge >= 0.3 is 6.01 Å². The van der Waals surface area contributed by atoms with Gasteiger partial charge in [-0.15, -0.1) is 6.42 Å². The first-order valence-corrected chi connectivity index (χ1v) is 16.6. The molecule has 8 nitrogen and oxygen atoms in total. The highest BCUT2D eigenvalue weighted by molar-refractivity contribution is 6.03. The van der Waals surface area contributed by atoms with Gasteiger partial charge in [0.05, 0.1) is 16.5 Å². The molecule has 4 aromatic rings. The Kier molecular flexibility index (Phi) is 6.42. The molecule has 46 heavy (non-hydrogen) atoms. The van der Waals surface area contributed by atoms with Crippen LogP contribution in [-0.4, -0.2) is 74.9 Å². The number of pyridine rings is 1. The molecule has 1 aliphatic carbocycles. The molecular formula is C36H36F2N6O2. The summed E-state index contributed by atoms with van der Waals surface area (Å²) in [6, 6.07) is 7.08. The zero-order valence-electron chi connectivity index (χ0n) is 25.6. The van der Waals surface area contributed by atoms with Crippen LogP contribution in [-0.2, 0) is 0 Å². The maximum Gasteiger partial charge on any atom is 0.319 e. The largest absolute Gasteiger partial charge is 0.508 e. The number of fused-ring (bicyclic) bond motifs is 7. The lowest BCUT2D eigenvalue weighted by molar-refractivity contribution is 0.0832. The summed E-state index contributed by atoms with van der Waals surface area (Å²) < 4.78 is 38.2. The molecule has 9 rings (SSSR count). The fraction of sp³-hybridized carbons (Fsp3) is 0.472. The molecule has 1 saturated carbocycles.